The lowest BCUT2D eigenvalue weighted by molar-refractivity contribution is -0.153. The van der Waals surface area contributed by atoms with Crippen LogP contribution in [-0.4, -0.2) is 26.7 Å². The third kappa shape index (κ3) is 2.82. The number of amides is 2. The molecule has 2 amide bonds. The monoisotopic (exact) mass is 366 g/mol. The molecule has 2 aromatic heterocycles. The van der Waals surface area contributed by atoms with Crippen LogP contribution in [0, 0.1) is 17.3 Å². The second-order valence-corrected chi connectivity index (χ2v) is 9.08. The molecule has 4 aliphatic carbocycles. The van der Waals surface area contributed by atoms with Crippen LogP contribution in [0.15, 0.2) is 30.6 Å². The van der Waals surface area contributed by atoms with E-state index in [2.05, 4.69) is 15.6 Å². The van der Waals surface area contributed by atoms with Crippen LogP contribution in [0.4, 0.5) is 0 Å². The van der Waals surface area contributed by atoms with Gasteiger partial charge in [0.15, 0.2) is 0 Å². The Hall–Kier alpha value is -2.37. The van der Waals surface area contributed by atoms with Crippen molar-refractivity contribution >= 4 is 17.5 Å². The van der Waals surface area contributed by atoms with Crippen molar-refractivity contribution in [2.24, 2.45) is 17.3 Å². The zero-order chi connectivity index (χ0) is 18.6. The van der Waals surface area contributed by atoms with Crippen molar-refractivity contribution in [2.75, 3.05) is 0 Å². The first-order chi connectivity index (χ1) is 13.0. The molecule has 0 aliphatic heterocycles. The van der Waals surface area contributed by atoms with Crippen LogP contribution in [0.2, 0.25) is 0 Å². The van der Waals surface area contributed by atoms with Gasteiger partial charge in [0, 0.05) is 24.9 Å². The number of nitrogens with zero attached hydrogens (tertiary/aromatic N) is 2. The minimum absolute atomic E-state index is 0.0252. The van der Waals surface area contributed by atoms with Crippen molar-refractivity contribution in [1.29, 1.82) is 0 Å². The summed E-state index contributed by atoms with van der Waals surface area (Å²) in [6.45, 7) is 2.04. The summed E-state index contributed by atoms with van der Waals surface area (Å²) in [6, 6.07) is 5.89. The predicted octanol–water partition coefficient (Wildman–Crippen LogP) is 2.43. The van der Waals surface area contributed by atoms with E-state index < -0.39 is 0 Å². The zero-order valence-corrected chi connectivity index (χ0v) is 15.7. The lowest BCUT2D eigenvalue weighted by atomic mass is 9.46. The Kier molecular flexibility index (Phi) is 3.61. The third-order valence-corrected chi connectivity index (χ3v) is 6.83. The Morgan fingerprint density at radius 3 is 2.70 bits per heavy atom. The van der Waals surface area contributed by atoms with Gasteiger partial charge in [-0.2, -0.15) is 0 Å². The van der Waals surface area contributed by atoms with Gasteiger partial charge in [-0.05, 0) is 62.5 Å². The maximum atomic E-state index is 13.3. The molecular weight excluding hydrogens is 340 g/mol. The molecule has 27 heavy (non-hydrogen) atoms. The van der Waals surface area contributed by atoms with E-state index in [-0.39, 0.29) is 22.8 Å². The van der Waals surface area contributed by atoms with Gasteiger partial charge in [-0.3, -0.25) is 9.59 Å². The van der Waals surface area contributed by atoms with Gasteiger partial charge in [-0.15, -0.1) is 0 Å². The molecular formula is C21H26N4O2. The highest BCUT2D eigenvalue weighted by Gasteiger charge is 2.60. The maximum absolute atomic E-state index is 13.3. The summed E-state index contributed by atoms with van der Waals surface area (Å²) >= 11 is 0. The van der Waals surface area contributed by atoms with Crippen molar-refractivity contribution in [3.05, 3.63) is 36.3 Å². The van der Waals surface area contributed by atoms with Gasteiger partial charge in [-0.1, -0.05) is 6.07 Å². The quantitative estimate of drug-likeness (QED) is 0.873. The number of aromatic nitrogens is 2. The van der Waals surface area contributed by atoms with Crippen molar-refractivity contribution in [3.63, 3.8) is 0 Å². The highest BCUT2D eigenvalue weighted by Crippen LogP contribution is 2.61. The second kappa shape index (κ2) is 5.81. The minimum atomic E-state index is -0.328. The lowest BCUT2D eigenvalue weighted by Gasteiger charge is -2.61. The minimum Gasteiger partial charge on any atom is -0.351 e. The second-order valence-electron chi connectivity index (χ2n) is 9.08. The zero-order valence-electron chi connectivity index (χ0n) is 15.7. The van der Waals surface area contributed by atoms with E-state index in [1.807, 2.05) is 35.0 Å². The van der Waals surface area contributed by atoms with E-state index in [4.69, 9.17) is 0 Å². The highest BCUT2D eigenvalue weighted by atomic mass is 16.2. The number of nitrogens with one attached hydrogen (secondary N) is 2. The highest BCUT2D eigenvalue weighted by molar-refractivity contribution is 5.84. The van der Waals surface area contributed by atoms with E-state index in [9.17, 15) is 9.59 Å². The number of carbonyl (C=O) groups excluding carboxylic acids is 2. The van der Waals surface area contributed by atoms with Crippen LogP contribution in [0.25, 0.3) is 5.65 Å². The topological polar surface area (TPSA) is 75.5 Å². The summed E-state index contributed by atoms with van der Waals surface area (Å²) in [5.41, 5.74) is 1.26. The molecule has 142 valence electrons. The molecule has 0 spiro atoms. The standard InChI is InChI=1S/C21H26N4O2/c1-14(26)24-21-9-15-6-16(10-21)8-20(7-15,13-21)19(27)22-11-17-12-25-5-3-2-4-18(25)23-17/h2-5,12,15-16H,6-11,13H2,1H3,(H,22,27)(H,24,26)/t15-,16+,20?,21?. The normalized spacial score (nSPS) is 34.0. The van der Waals surface area contributed by atoms with Crippen molar-refractivity contribution < 1.29 is 9.59 Å². The summed E-state index contributed by atoms with van der Waals surface area (Å²) in [4.78, 5) is 29.6. The van der Waals surface area contributed by atoms with Gasteiger partial charge < -0.3 is 15.0 Å². The summed E-state index contributed by atoms with van der Waals surface area (Å²) in [7, 11) is 0. The number of imidazole rings is 1. The Morgan fingerprint density at radius 2 is 2.00 bits per heavy atom. The first kappa shape index (κ1) is 16.8. The number of fused-ring (bicyclic) bond motifs is 1. The molecule has 0 aromatic carbocycles. The van der Waals surface area contributed by atoms with Crippen LogP contribution >= 0.6 is 0 Å². The molecule has 6 heteroatoms. The molecule has 2 aromatic rings. The SMILES string of the molecule is CC(=O)NC12C[C@H]3C[C@@H](C1)CC(C(=O)NCc1cn4ccccc4n1)(C3)C2. The third-order valence-electron chi connectivity index (χ3n) is 6.83. The molecule has 6 rings (SSSR count). The predicted molar refractivity (Wildman–Crippen MR) is 101 cm³/mol. The van der Waals surface area contributed by atoms with E-state index in [0.29, 0.717) is 18.4 Å². The molecule has 2 unspecified atom stereocenters. The number of pyridine rings is 1. The van der Waals surface area contributed by atoms with Crippen molar-refractivity contribution in [3.8, 4) is 0 Å². The number of hydrogen-bond donors (Lipinski definition) is 2. The lowest BCUT2D eigenvalue weighted by Crippen LogP contribution is -2.65. The van der Waals surface area contributed by atoms with Crippen LogP contribution < -0.4 is 10.6 Å². The van der Waals surface area contributed by atoms with Gasteiger partial charge in [-0.25, -0.2) is 4.98 Å². The maximum Gasteiger partial charge on any atom is 0.226 e. The smallest absolute Gasteiger partial charge is 0.226 e. The number of carbonyl (C=O) groups is 2. The Bertz CT molecular complexity index is 871. The van der Waals surface area contributed by atoms with Gasteiger partial charge in [0.1, 0.15) is 5.65 Å². The molecule has 0 saturated heterocycles. The summed E-state index contributed by atoms with van der Waals surface area (Å²) in [6.07, 6.45) is 9.91. The van der Waals surface area contributed by atoms with Crippen molar-refractivity contribution in [1.82, 2.24) is 20.0 Å². The van der Waals surface area contributed by atoms with E-state index in [0.717, 1.165) is 43.4 Å². The average Bonchev–Trinajstić information content (AvgIpc) is 3.00. The van der Waals surface area contributed by atoms with Gasteiger partial charge >= 0.3 is 0 Å². The average molecular weight is 366 g/mol. The van der Waals surface area contributed by atoms with E-state index in [1.54, 1.807) is 6.92 Å². The Morgan fingerprint density at radius 1 is 1.22 bits per heavy atom. The molecule has 2 heterocycles. The van der Waals surface area contributed by atoms with Crippen LogP contribution in [0.5, 0.6) is 0 Å². The molecule has 0 radical (unpaired) electrons. The van der Waals surface area contributed by atoms with Crippen molar-refractivity contribution in [2.45, 2.75) is 57.5 Å². The Balaban J connectivity index is 1.34. The number of hydrogen-bond acceptors (Lipinski definition) is 3. The first-order valence-corrected chi connectivity index (χ1v) is 9.95. The van der Waals surface area contributed by atoms with Gasteiger partial charge in [0.05, 0.1) is 17.7 Å². The Labute approximate surface area is 158 Å². The molecule has 2 N–H and O–H groups in total. The summed E-state index contributed by atoms with van der Waals surface area (Å²) in [5.74, 6) is 1.28. The summed E-state index contributed by atoms with van der Waals surface area (Å²) < 4.78 is 1.97. The van der Waals surface area contributed by atoms with E-state index in [1.165, 1.54) is 6.42 Å². The van der Waals surface area contributed by atoms with Gasteiger partial charge in [0.25, 0.3) is 0 Å². The largest absolute Gasteiger partial charge is 0.351 e. The fourth-order valence-electron chi connectivity index (χ4n) is 6.48. The molecule has 4 atom stereocenters. The number of rotatable bonds is 4. The first-order valence-electron chi connectivity index (χ1n) is 9.95. The van der Waals surface area contributed by atoms with E-state index >= 15 is 0 Å². The summed E-state index contributed by atoms with van der Waals surface area (Å²) in [5, 5.41) is 6.38. The van der Waals surface area contributed by atoms with Gasteiger partial charge in [0.2, 0.25) is 11.8 Å². The molecule has 4 bridgehead atoms. The molecule has 4 saturated carbocycles. The van der Waals surface area contributed by atoms with Crippen LogP contribution in [0.3, 0.4) is 0 Å². The molecule has 4 aliphatic rings. The molecule has 4 fully saturated rings. The fourth-order valence-corrected chi connectivity index (χ4v) is 6.48. The molecule has 6 nitrogen and oxygen atoms in total. The van der Waals surface area contributed by atoms with Crippen LogP contribution in [-0.2, 0) is 16.1 Å². The fraction of sp³-hybridized carbons (Fsp3) is 0.571. The van der Waals surface area contributed by atoms with Crippen LogP contribution in [0.1, 0.15) is 51.1 Å².